The topological polar surface area (TPSA) is 68.0 Å². The average molecular weight is 411 g/mol. The van der Waals surface area contributed by atoms with E-state index in [0.717, 1.165) is 56.3 Å². The molecule has 0 saturated heterocycles. The van der Waals surface area contributed by atoms with Crippen LogP contribution in [0.5, 0.6) is 0 Å². The number of aromatic nitrogens is 4. The Kier molecular flexibility index (Phi) is 5.29. The first kappa shape index (κ1) is 19.6. The van der Waals surface area contributed by atoms with E-state index in [4.69, 9.17) is 10.1 Å². The van der Waals surface area contributed by atoms with Gasteiger partial charge in [-0.15, -0.1) is 0 Å². The Morgan fingerprint density at radius 2 is 2.00 bits per heavy atom. The lowest BCUT2D eigenvalue weighted by Gasteiger charge is -2.31. The molecule has 1 N–H and O–H groups in total. The van der Waals surface area contributed by atoms with E-state index >= 15 is 0 Å². The molecule has 2 saturated carbocycles. The van der Waals surface area contributed by atoms with Gasteiger partial charge in [0, 0.05) is 55.2 Å². The molecule has 2 fully saturated rings. The summed E-state index contributed by atoms with van der Waals surface area (Å²) >= 11 is 0. The van der Waals surface area contributed by atoms with E-state index in [1.807, 2.05) is 11.1 Å². The number of carbonyl (C=O) groups excluding carboxylic acids is 1. The molecule has 7 heteroatoms. The lowest BCUT2D eigenvalue weighted by molar-refractivity contribution is 0.184. The van der Waals surface area contributed by atoms with Crippen molar-refractivity contribution in [2.75, 3.05) is 6.54 Å². The molecular formula is C23H34N6O. The number of imidazole rings is 1. The molecule has 0 spiro atoms. The molecule has 2 amide bonds. The van der Waals surface area contributed by atoms with Crippen molar-refractivity contribution in [3.05, 3.63) is 23.1 Å². The zero-order valence-electron chi connectivity index (χ0n) is 18.4. The lowest BCUT2D eigenvalue weighted by Crippen LogP contribution is -2.47. The third kappa shape index (κ3) is 3.74. The van der Waals surface area contributed by atoms with Gasteiger partial charge in [0.25, 0.3) is 0 Å². The first-order valence-corrected chi connectivity index (χ1v) is 11.8. The minimum Gasteiger partial charge on any atom is -0.335 e. The number of urea groups is 1. The Balaban J connectivity index is 1.41. The maximum absolute atomic E-state index is 13.0. The highest BCUT2D eigenvalue weighted by Gasteiger charge is 2.31. The van der Waals surface area contributed by atoms with Gasteiger partial charge in [-0.2, -0.15) is 5.10 Å². The van der Waals surface area contributed by atoms with Crippen molar-refractivity contribution >= 4 is 6.03 Å². The second kappa shape index (κ2) is 8.08. The summed E-state index contributed by atoms with van der Waals surface area (Å²) in [5, 5.41) is 8.25. The number of nitrogens with zero attached hydrogens (tertiary/aromatic N) is 5. The van der Waals surface area contributed by atoms with Crippen molar-refractivity contribution in [2.45, 2.75) is 90.9 Å². The summed E-state index contributed by atoms with van der Waals surface area (Å²) in [5.74, 6) is 1.75. The molecule has 3 heterocycles. The molecule has 3 aliphatic rings. The van der Waals surface area contributed by atoms with Crippen LogP contribution >= 0.6 is 0 Å². The molecule has 5 rings (SSSR count). The minimum absolute atomic E-state index is 0.0836. The van der Waals surface area contributed by atoms with E-state index in [2.05, 4.69) is 28.4 Å². The van der Waals surface area contributed by atoms with Crippen LogP contribution in [0.1, 0.15) is 68.8 Å². The molecule has 2 aliphatic carbocycles. The van der Waals surface area contributed by atoms with Crippen LogP contribution in [0.25, 0.3) is 11.5 Å². The van der Waals surface area contributed by atoms with Gasteiger partial charge in [-0.05, 0) is 45.4 Å². The van der Waals surface area contributed by atoms with Gasteiger partial charge in [0.2, 0.25) is 0 Å². The fourth-order valence-corrected chi connectivity index (χ4v) is 5.06. The van der Waals surface area contributed by atoms with Gasteiger partial charge in [0.1, 0.15) is 5.69 Å². The summed E-state index contributed by atoms with van der Waals surface area (Å²) in [7, 11) is 0. The number of rotatable bonds is 5. The third-order valence-electron chi connectivity index (χ3n) is 7.06. The smallest absolute Gasteiger partial charge is 0.317 e. The maximum Gasteiger partial charge on any atom is 0.317 e. The van der Waals surface area contributed by atoms with E-state index in [9.17, 15) is 4.79 Å². The summed E-state index contributed by atoms with van der Waals surface area (Å²) in [6, 6.07) is 0.422. The van der Waals surface area contributed by atoms with Crippen LogP contribution in [-0.2, 0) is 26.1 Å². The number of fused-ring (bicyclic) bond motifs is 1. The standard InChI is InChI=1S/C23H34N6O/c1-3-29-20-11-12-27(23(30)25-18-7-5-4-6-8-18)15-19(20)21(26-29)22-24-13-16(2)28(22)14-17-9-10-17/h13,17-18H,3-12,14-15H2,1-2H3,(H,25,30). The maximum atomic E-state index is 13.0. The summed E-state index contributed by atoms with van der Waals surface area (Å²) in [5.41, 5.74) is 4.62. The Morgan fingerprint density at radius 3 is 2.73 bits per heavy atom. The van der Waals surface area contributed by atoms with Gasteiger partial charge in [-0.25, -0.2) is 9.78 Å². The average Bonchev–Trinajstić information content (AvgIpc) is 3.42. The van der Waals surface area contributed by atoms with Gasteiger partial charge in [0.05, 0.1) is 6.54 Å². The van der Waals surface area contributed by atoms with Crippen LogP contribution in [0, 0.1) is 12.8 Å². The Morgan fingerprint density at radius 1 is 1.20 bits per heavy atom. The van der Waals surface area contributed by atoms with Crippen molar-refractivity contribution in [3.8, 4) is 11.5 Å². The highest BCUT2D eigenvalue weighted by Crippen LogP contribution is 2.35. The Labute approximate surface area is 178 Å². The van der Waals surface area contributed by atoms with Gasteiger partial charge in [0.15, 0.2) is 5.82 Å². The van der Waals surface area contributed by atoms with Crippen molar-refractivity contribution in [2.24, 2.45) is 5.92 Å². The molecule has 162 valence electrons. The number of nitrogens with one attached hydrogen (secondary N) is 1. The first-order valence-electron chi connectivity index (χ1n) is 11.8. The van der Waals surface area contributed by atoms with Crippen molar-refractivity contribution < 1.29 is 4.79 Å². The molecule has 0 bridgehead atoms. The second-order valence-corrected chi connectivity index (χ2v) is 9.32. The van der Waals surface area contributed by atoms with Crippen LogP contribution in [0.3, 0.4) is 0 Å². The zero-order valence-corrected chi connectivity index (χ0v) is 18.4. The Hall–Kier alpha value is -2.31. The summed E-state index contributed by atoms with van der Waals surface area (Å²) in [4.78, 5) is 19.7. The lowest BCUT2D eigenvalue weighted by atomic mass is 9.95. The van der Waals surface area contributed by atoms with E-state index in [1.54, 1.807) is 0 Å². The molecule has 2 aromatic heterocycles. The fraction of sp³-hybridized carbons (Fsp3) is 0.696. The second-order valence-electron chi connectivity index (χ2n) is 9.32. The van der Waals surface area contributed by atoms with Crippen LogP contribution in [-0.4, -0.2) is 42.8 Å². The number of hydrogen-bond acceptors (Lipinski definition) is 3. The third-order valence-corrected chi connectivity index (χ3v) is 7.06. The fourth-order valence-electron chi connectivity index (χ4n) is 5.06. The molecule has 30 heavy (non-hydrogen) atoms. The SMILES string of the molecule is CCn1nc(-c2ncc(C)n2CC2CC2)c2c1CCN(C(=O)NC1CCCCC1)C2. The van der Waals surface area contributed by atoms with Crippen LogP contribution in [0.15, 0.2) is 6.20 Å². The predicted molar refractivity (Wildman–Crippen MR) is 116 cm³/mol. The molecule has 0 radical (unpaired) electrons. The molecule has 7 nitrogen and oxygen atoms in total. The van der Waals surface area contributed by atoms with Gasteiger partial charge >= 0.3 is 6.03 Å². The van der Waals surface area contributed by atoms with E-state index in [1.165, 1.54) is 49.1 Å². The normalized spacial score (nSPS) is 19.7. The van der Waals surface area contributed by atoms with Crippen molar-refractivity contribution in [1.82, 2.24) is 29.5 Å². The van der Waals surface area contributed by atoms with Crippen LogP contribution in [0.4, 0.5) is 4.79 Å². The summed E-state index contributed by atoms with van der Waals surface area (Å²) < 4.78 is 4.45. The molecule has 0 atom stereocenters. The highest BCUT2D eigenvalue weighted by atomic mass is 16.2. The summed E-state index contributed by atoms with van der Waals surface area (Å²) in [6.07, 6.45) is 11.4. The predicted octanol–water partition coefficient (Wildman–Crippen LogP) is 3.89. The monoisotopic (exact) mass is 410 g/mol. The van der Waals surface area contributed by atoms with Gasteiger partial charge in [-0.3, -0.25) is 4.68 Å². The zero-order chi connectivity index (χ0) is 20.7. The first-order chi connectivity index (χ1) is 14.6. The summed E-state index contributed by atoms with van der Waals surface area (Å²) in [6.45, 7) is 7.53. The van der Waals surface area contributed by atoms with Crippen LogP contribution < -0.4 is 5.32 Å². The van der Waals surface area contributed by atoms with E-state index in [-0.39, 0.29) is 6.03 Å². The van der Waals surface area contributed by atoms with E-state index < -0.39 is 0 Å². The van der Waals surface area contributed by atoms with Crippen molar-refractivity contribution in [3.63, 3.8) is 0 Å². The molecular weight excluding hydrogens is 376 g/mol. The van der Waals surface area contributed by atoms with Gasteiger partial charge < -0.3 is 14.8 Å². The molecule has 1 aliphatic heterocycles. The highest BCUT2D eigenvalue weighted by molar-refractivity contribution is 5.75. The van der Waals surface area contributed by atoms with Crippen molar-refractivity contribution in [1.29, 1.82) is 0 Å². The molecule has 2 aromatic rings. The quantitative estimate of drug-likeness (QED) is 0.813. The Bertz CT molecular complexity index is 919. The minimum atomic E-state index is 0.0836. The van der Waals surface area contributed by atoms with Crippen LogP contribution in [0.2, 0.25) is 0 Å². The number of hydrogen-bond donors (Lipinski definition) is 1. The molecule has 0 aromatic carbocycles. The largest absolute Gasteiger partial charge is 0.335 e. The van der Waals surface area contributed by atoms with Gasteiger partial charge in [-0.1, -0.05) is 19.3 Å². The number of aryl methyl sites for hydroxylation is 2. The molecule has 0 unspecified atom stereocenters. The van der Waals surface area contributed by atoms with E-state index in [0.29, 0.717) is 12.6 Å². The number of carbonyl (C=O) groups is 1. The number of amides is 2.